The van der Waals surface area contributed by atoms with Crippen LogP contribution in [0.15, 0.2) is 24.3 Å². The molecular formula is C17H29NSi. The van der Waals surface area contributed by atoms with E-state index in [0.29, 0.717) is 0 Å². The Morgan fingerprint density at radius 1 is 1.11 bits per heavy atom. The summed E-state index contributed by atoms with van der Waals surface area (Å²) in [7, 11) is -1.14. The summed E-state index contributed by atoms with van der Waals surface area (Å²) in [6.07, 6.45) is 4.35. The van der Waals surface area contributed by atoms with Gasteiger partial charge in [0.05, 0.1) is 8.07 Å². The minimum atomic E-state index is -1.14. The highest BCUT2D eigenvalue weighted by molar-refractivity contribution is 6.88. The molecule has 1 nitrogen and oxygen atoms in total. The number of nitrogens with zero attached hydrogens (tertiary/aromatic N) is 1. The lowest BCUT2D eigenvalue weighted by molar-refractivity contribution is 0.178. The van der Waals surface area contributed by atoms with Crippen LogP contribution in [0.1, 0.15) is 31.7 Å². The molecule has 2 heteroatoms. The van der Waals surface area contributed by atoms with Gasteiger partial charge >= 0.3 is 0 Å². The first kappa shape index (κ1) is 14.8. The van der Waals surface area contributed by atoms with Gasteiger partial charge in [0.25, 0.3) is 0 Å². The second-order valence-electron chi connectivity index (χ2n) is 7.07. The van der Waals surface area contributed by atoms with Crippen molar-refractivity contribution in [2.45, 2.75) is 52.4 Å². The SMILES string of the molecule is CCN(Cc1ccc([Si](C)(C)C)cc1)CC1CCC1. The van der Waals surface area contributed by atoms with E-state index in [1.807, 2.05) is 0 Å². The predicted molar refractivity (Wildman–Crippen MR) is 87.7 cm³/mol. The fourth-order valence-electron chi connectivity index (χ4n) is 2.71. The average Bonchev–Trinajstić information content (AvgIpc) is 2.31. The van der Waals surface area contributed by atoms with E-state index in [2.05, 4.69) is 55.7 Å². The van der Waals surface area contributed by atoms with Gasteiger partial charge in [-0.3, -0.25) is 4.90 Å². The van der Waals surface area contributed by atoms with E-state index >= 15 is 0 Å². The molecule has 0 radical (unpaired) electrons. The fourth-order valence-corrected chi connectivity index (χ4v) is 3.88. The maximum atomic E-state index is 2.60. The van der Waals surface area contributed by atoms with Crippen LogP contribution in [0.3, 0.4) is 0 Å². The molecule has 2 rings (SSSR count). The minimum Gasteiger partial charge on any atom is -0.299 e. The van der Waals surface area contributed by atoms with Crippen LogP contribution < -0.4 is 5.19 Å². The molecule has 0 N–H and O–H groups in total. The highest BCUT2D eigenvalue weighted by atomic mass is 28.3. The molecule has 0 bridgehead atoms. The lowest BCUT2D eigenvalue weighted by Gasteiger charge is -2.31. The van der Waals surface area contributed by atoms with E-state index in [1.54, 1.807) is 5.19 Å². The molecule has 0 saturated heterocycles. The highest BCUT2D eigenvalue weighted by Gasteiger charge is 2.20. The van der Waals surface area contributed by atoms with E-state index in [-0.39, 0.29) is 0 Å². The van der Waals surface area contributed by atoms with Crippen LogP contribution in [0.25, 0.3) is 0 Å². The average molecular weight is 276 g/mol. The van der Waals surface area contributed by atoms with E-state index in [1.165, 1.54) is 37.9 Å². The summed E-state index contributed by atoms with van der Waals surface area (Å²) in [6, 6.07) is 9.41. The van der Waals surface area contributed by atoms with Gasteiger partial charge in [0, 0.05) is 13.1 Å². The number of hydrogen-bond acceptors (Lipinski definition) is 1. The van der Waals surface area contributed by atoms with Crippen LogP contribution in [-0.4, -0.2) is 26.1 Å². The summed E-state index contributed by atoms with van der Waals surface area (Å²) in [4.78, 5) is 2.60. The van der Waals surface area contributed by atoms with Crippen LogP contribution in [0.2, 0.25) is 19.6 Å². The van der Waals surface area contributed by atoms with E-state index in [9.17, 15) is 0 Å². The molecule has 19 heavy (non-hydrogen) atoms. The third-order valence-electron chi connectivity index (χ3n) is 4.41. The third kappa shape index (κ3) is 4.18. The third-order valence-corrected chi connectivity index (χ3v) is 6.48. The summed E-state index contributed by atoms with van der Waals surface area (Å²) < 4.78 is 0. The van der Waals surface area contributed by atoms with Gasteiger partial charge in [0.1, 0.15) is 0 Å². The Morgan fingerprint density at radius 3 is 2.16 bits per heavy atom. The van der Waals surface area contributed by atoms with Crippen molar-refractivity contribution in [1.29, 1.82) is 0 Å². The zero-order valence-corrected chi connectivity index (χ0v) is 14.1. The Morgan fingerprint density at radius 2 is 1.74 bits per heavy atom. The Bertz CT molecular complexity index is 387. The molecule has 0 aromatic heterocycles. The van der Waals surface area contributed by atoms with Gasteiger partial charge in [0.2, 0.25) is 0 Å². The maximum absolute atomic E-state index is 2.60. The van der Waals surface area contributed by atoms with Crippen molar-refractivity contribution >= 4 is 13.3 Å². The Balaban J connectivity index is 1.93. The van der Waals surface area contributed by atoms with Crippen LogP contribution in [0, 0.1) is 5.92 Å². The molecule has 1 aliphatic carbocycles. The smallest absolute Gasteiger partial charge is 0.0775 e. The second kappa shape index (κ2) is 6.23. The van der Waals surface area contributed by atoms with Crippen LogP contribution >= 0.6 is 0 Å². The van der Waals surface area contributed by atoms with E-state index < -0.39 is 8.07 Å². The van der Waals surface area contributed by atoms with Crippen molar-refractivity contribution in [1.82, 2.24) is 4.90 Å². The normalized spacial score (nSPS) is 16.7. The fraction of sp³-hybridized carbons (Fsp3) is 0.647. The molecule has 0 atom stereocenters. The molecule has 1 aromatic rings. The molecule has 0 spiro atoms. The van der Waals surface area contributed by atoms with Crippen molar-refractivity contribution in [3.63, 3.8) is 0 Å². The first-order valence-corrected chi connectivity index (χ1v) is 11.3. The Hall–Kier alpha value is -0.603. The molecule has 0 aliphatic heterocycles. The van der Waals surface area contributed by atoms with E-state index in [4.69, 9.17) is 0 Å². The van der Waals surface area contributed by atoms with Crippen molar-refractivity contribution < 1.29 is 0 Å². The number of hydrogen-bond donors (Lipinski definition) is 0. The zero-order chi connectivity index (χ0) is 13.9. The van der Waals surface area contributed by atoms with Gasteiger partial charge < -0.3 is 0 Å². The zero-order valence-electron chi connectivity index (χ0n) is 13.1. The second-order valence-corrected chi connectivity index (χ2v) is 12.1. The summed E-state index contributed by atoms with van der Waals surface area (Å²) in [5.41, 5.74) is 1.48. The van der Waals surface area contributed by atoms with Crippen LogP contribution in [0.4, 0.5) is 0 Å². The van der Waals surface area contributed by atoms with Crippen molar-refractivity contribution in [2.75, 3.05) is 13.1 Å². The molecule has 1 saturated carbocycles. The molecule has 1 aliphatic rings. The van der Waals surface area contributed by atoms with Crippen LogP contribution in [-0.2, 0) is 6.54 Å². The Labute approximate surface area is 120 Å². The first-order valence-electron chi connectivity index (χ1n) is 7.81. The summed E-state index contributed by atoms with van der Waals surface area (Å²) in [5, 5.41) is 1.57. The monoisotopic (exact) mass is 275 g/mol. The van der Waals surface area contributed by atoms with Crippen molar-refractivity contribution in [3.8, 4) is 0 Å². The first-order chi connectivity index (χ1) is 8.99. The lowest BCUT2D eigenvalue weighted by Crippen LogP contribution is -2.37. The van der Waals surface area contributed by atoms with Crippen molar-refractivity contribution in [2.24, 2.45) is 5.92 Å². The Kier molecular flexibility index (Phi) is 4.85. The molecule has 1 fully saturated rings. The van der Waals surface area contributed by atoms with Gasteiger partial charge in [-0.25, -0.2) is 0 Å². The van der Waals surface area contributed by atoms with E-state index in [0.717, 1.165) is 12.5 Å². The van der Waals surface area contributed by atoms with Gasteiger partial charge in [-0.2, -0.15) is 0 Å². The summed E-state index contributed by atoms with van der Waals surface area (Å²) in [6.45, 7) is 13.1. The van der Waals surface area contributed by atoms with Gasteiger partial charge in [-0.15, -0.1) is 0 Å². The number of rotatable bonds is 6. The minimum absolute atomic E-state index is 0.973. The highest BCUT2D eigenvalue weighted by Crippen LogP contribution is 2.27. The largest absolute Gasteiger partial charge is 0.299 e. The molecular weight excluding hydrogens is 246 g/mol. The summed E-state index contributed by atoms with van der Waals surface area (Å²) >= 11 is 0. The molecule has 0 amide bonds. The predicted octanol–water partition coefficient (Wildman–Crippen LogP) is 3.85. The van der Waals surface area contributed by atoms with Gasteiger partial charge in [-0.1, -0.05) is 62.4 Å². The number of benzene rings is 1. The molecule has 0 unspecified atom stereocenters. The summed E-state index contributed by atoms with van der Waals surface area (Å²) in [5.74, 6) is 0.973. The standard InChI is InChI=1S/C17H29NSi/c1-5-18(13-15-7-6-8-15)14-16-9-11-17(12-10-16)19(2,3)4/h9-12,15H,5-8,13-14H2,1-4H3. The van der Waals surface area contributed by atoms with Crippen LogP contribution in [0.5, 0.6) is 0 Å². The van der Waals surface area contributed by atoms with Crippen molar-refractivity contribution in [3.05, 3.63) is 29.8 Å². The maximum Gasteiger partial charge on any atom is 0.0775 e. The molecule has 0 heterocycles. The van der Waals surface area contributed by atoms with Gasteiger partial charge in [0.15, 0.2) is 0 Å². The quantitative estimate of drug-likeness (QED) is 0.713. The lowest BCUT2D eigenvalue weighted by atomic mass is 9.85. The molecule has 1 aromatic carbocycles. The topological polar surface area (TPSA) is 3.24 Å². The van der Waals surface area contributed by atoms with Gasteiger partial charge in [-0.05, 0) is 30.9 Å². The molecule has 106 valence electrons.